The third-order valence-electron chi connectivity index (χ3n) is 3.48. The fourth-order valence-corrected chi connectivity index (χ4v) is 2.38. The van der Waals surface area contributed by atoms with Crippen molar-refractivity contribution in [2.24, 2.45) is 5.73 Å². The molecule has 0 saturated heterocycles. The largest absolute Gasteiger partial charge is 0.469 e. The zero-order chi connectivity index (χ0) is 13.8. The smallest absolute Gasteiger partial charge is 0.105 e. The molecule has 0 aliphatic carbocycles. The van der Waals surface area contributed by atoms with Crippen molar-refractivity contribution in [3.63, 3.8) is 0 Å². The molecule has 0 atom stereocenters. The highest BCUT2D eigenvalue weighted by Crippen LogP contribution is 2.23. The van der Waals surface area contributed by atoms with Crippen LogP contribution in [0.5, 0.6) is 0 Å². The molecule has 0 saturated carbocycles. The van der Waals surface area contributed by atoms with Crippen LogP contribution in [-0.4, -0.2) is 13.6 Å². The highest BCUT2D eigenvalue weighted by Gasteiger charge is 2.09. The molecule has 1 heterocycles. The molecule has 0 radical (unpaired) electrons. The Labute approximate surface area is 115 Å². The fourth-order valence-electron chi connectivity index (χ4n) is 2.38. The number of rotatable bonds is 5. The standard InChI is InChI=1S/C16H22N2O/c1-12-10-14(6-8-17)4-5-16(12)18(3)11-15-7-9-19-13(15)2/h4-5,7,9-10H,6,8,11,17H2,1-3H3. The number of hydrogen-bond donors (Lipinski definition) is 1. The molecule has 2 rings (SSSR count). The van der Waals surface area contributed by atoms with Crippen LogP contribution in [0.15, 0.2) is 34.9 Å². The van der Waals surface area contributed by atoms with E-state index in [1.54, 1.807) is 6.26 Å². The second-order valence-corrected chi connectivity index (χ2v) is 5.02. The van der Waals surface area contributed by atoms with Crippen LogP contribution >= 0.6 is 0 Å². The van der Waals surface area contributed by atoms with Crippen LogP contribution in [0.2, 0.25) is 0 Å². The Kier molecular flexibility index (Phi) is 4.27. The molecule has 2 aromatic rings. The molecule has 1 aromatic heterocycles. The second kappa shape index (κ2) is 5.93. The van der Waals surface area contributed by atoms with Gasteiger partial charge in [-0.25, -0.2) is 0 Å². The van der Waals surface area contributed by atoms with Crippen molar-refractivity contribution >= 4 is 5.69 Å². The van der Waals surface area contributed by atoms with E-state index in [0.29, 0.717) is 6.54 Å². The van der Waals surface area contributed by atoms with Crippen LogP contribution in [-0.2, 0) is 13.0 Å². The van der Waals surface area contributed by atoms with Crippen molar-refractivity contribution in [1.29, 1.82) is 0 Å². The van der Waals surface area contributed by atoms with E-state index in [0.717, 1.165) is 18.7 Å². The van der Waals surface area contributed by atoms with E-state index in [4.69, 9.17) is 10.2 Å². The lowest BCUT2D eigenvalue weighted by Gasteiger charge is -2.21. The Balaban J connectivity index is 2.15. The predicted octanol–water partition coefficient (Wildman–Crippen LogP) is 3.03. The summed E-state index contributed by atoms with van der Waals surface area (Å²) in [4.78, 5) is 2.25. The molecule has 0 amide bonds. The first-order chi connectivity index (χ1) is 9.11. The third-order valence-corrected chi connectivity index (χ3v) is 3.48. The molecular formula is C16H22N2O. The van der Waals surface area contributed by atoms with Gasteiger partial charge in [-0.2, -0.15) is 0 Å². The normalized spacial score (nSPS) is 10.7. The van der Waals surface area contributed by atoms with Gasteiger partial charge in [-0.3, -0.25) is 0 Å². The van der Waals surface area contributed by atoms with Gasteiger partial charge >= 0.3 is 0 Å². The summed E-state index contributed by atoms with van der Waals surface area (Å²) in [5.74, 6) is 0.990. The van der Waals surface area contributed by atoms with Gasteiger partial charge in [-0.1, -0.05) is 12.1 Å². The topological polar surface area (TPSA) is 42.4 Å². The van der Waals surface area contributed by atoms with Gasteiger partial charge in [0.05, 0.1) is 6.26 Å². The van der Waals surface area contributed by atoms with E-state index in [1.807, 2.05) is 13.0 Å². The maximum Gasteiger partial charge on any atom is 0.105 e. The minimum atomic E-state index is 0.697. The van der Waals surface area contributed by atoms with Gasteiger partial charge in [0.25, 0.3) is 0 Å². The van der Waals surface area contributed by atoms with Crippen LogP contribution in [0.4, 0.5) is 5.69 Å². The zero-order valence-electron chi connectivity index (χ0n) is 11.9. The molecule has 3 heteroatoms. The van der Waals surface area contributed by atoms with Gasteiger partial charge < -0.3 is 15.1 Å². The highest BCUT2D eigenvalue weighted by atomic mass is 16.3. The number of furan rings is 1. The van der Waals surface area contributed by atoms with E-state index < -0.39 is 0 Å². The average Bonchev–Trinajstić information content (AvgIpc) is 2.75. The number of hydrogen-bond acceptors (Lipinski definition) is 3. The molecule has 1 aromatic carbocycles. The Bertz CT molecular complexity index is 545. The van der Waals surface area contributed by atoms with Gasteiger partial charge in [0.2, 0.25) is 0 Å². The number of benzene rings is 1. The maximum atomic E-state index is 5.59. The lowest BCUT2D eigenvalue weighted by atomic mass is 10.1. The van der Waals surface area contributed by atoms with Gasteiger partial charge in [0, 0.05) is 24.8 Å². The van der Waals surface area contributed by atoms with Crippen LogP contribution in [0.25, 0.3) is 0 Å². The van der Waals surface area contributed by atoms with Crippen molar-refractivity contribution < 1.29 is 4.42 Å². The first kappa shape index (κ1) is 13.7. The summed E-state index contributed by atoms with van der Waals surface area (Å²) in [7, 11) is 2.11. The minimum Gasteiger partial charge on any atom is -0.469 e. The van der Waals surface area contributed by atoms with Crippen molar-refractivity contribution in [3.05, 3.63) is 53.0 Å². The number of aryl methyl sites for hydroxylation is 2. The number of nitrogens with zero attached hydrogens (tertiary/aromatic N) is 1. The average molecular weight is 258 g/mol. The maximum absolute atomic E-state index is 5.59. The first-order valence-corrected chi connectivity index (χ1v) is 6.65. The number of nitrogens with two attached hydrogens (primary N) is 1. The summed E-state index contributed by atoms with van der Waals surface area (Å²) >= 11 is 0. The molecule has 0 fully saturated rings. The van der Waals surface area contributed by atoms with Crippen molar-refractivity contribution in [2.45, 2.75) is 26.8 Å². The van der Waals surface area contributed by atoms with E-state index in [1.165, 1.54) is 22.4 Å². The molecule has 2 N–H and O–H groups in total. The molecule has 0 bridgehead atoms. The summed E-state index contributed by atoms with van der Waals surface area (Å²) in [5, 5.41) is 0. The number of anilines is 1. The summed E-state index contributed by atoms with van der Waals surface area (Å²) in [5.41, 5.74) is 10.7. The Morgan fingerprint density at radius 1 is 1.21 bits per heavy atom. The first-order valence-electron chi connectivity index (χ1n) is 6.65. The van der Waals surface area contributed by atoms with E-state index >= 15 is 0 Å². The van der Waals surface area contributed by atoms with Crippen molar-refractivity contribution in [1.82, 2.24) is 0 Å². The van der Waals surface area contributed by atoms with E-state index in [2.05, 4.69) is 37.1 Å². The van der Waals surface area contributed by atoms with Crippen molar-refractivity contribution in [2.75, 3.05) is 18.5 Å². The molecule has 0 unspecified atom stereocenters. The van der Waals surface area contributed by atoms with Gasteiger partial charge in [-0.15, -0.1) is 0 Å². The molecular weight excluding hydrogens is 236 g/mol. The zero-order valence-corrected chi connectivity index (χ0v) is 11.9. The summed E-state index contributed by atoms with van der Waals surface area (Å²) in [6.07, 6.45) is 2.68. The molecule has 19 heavy (non-hydrogen) atoms. The molecule has 0 aliphatic heterocycles. The quantitative estimate of drug-likeness (QED) is 0.896. The van der Waals surface area contributed by atoms with E-state index in [-0.39, 0.29) is 0 Å². The minimum absolute atomic E-state index is 0.697. The van der Waals surface area contributed by atoms with Crippen molar-refractivity contribution in [3.8, 4) is 0 Å². The Morgan fingerprint density at radius 3 is 2.58 bits per heavy atom. The molecule has 3 nitrogen and oxygen atoms in total. The third kappa shape index (κ3) is 3.18. The lowest BCUT2D eigenvalue weighted by Crippen LogP contribution is -2.17. The van der Waals surface area contributed by atoms with Gasteiger partial charge in [0.1, 0.15) is 5.76 Å². The van der Waals surface area contributed by atoms with Crippen LogP contribution in [0, 0.1) is 13.8 Å². The lowest BCUT2D eigenvalue weighted by molar-refractivity contribution is 0.529. The fraction of sp³-hybridized carbons (Fsp3) is 0.375. The second-order valence-electron chi connectivity index (χ2n) is 5.02. The van der Waals surface area contributed by atoms with Gasteiger partial charge in [-0.05, 0) is 50.1 Å². The van der Waals surface area contributed by atoms with Crippen LogP contribution in [0.3, 0.4) is 0 Å². The summed E-state index contributed by atoms with van der Waals surface area (Å²) < 4.78 is 5.34. The molecule has 0 spiro atoms. The highest BCUT2D eigenvalue weighted by molar-refractivity contribution is 5.54. The van der Waals surface area contributed by atoms with Gasteiger partial charge in [0.15, 0.2) is 0 Å². The Hall–Kier alpha value is -1.74. The summed E-state index contributed by atoms with van der Waals surface area (Å²) in [6.45, 7) is 5.71. The van der Waals surface area contributed by atoms with E-state index in [9.17, 15) is 0 Å². The molecule has 102 valence electrons. The van der Waals surface area contributed by atoms with Crippen LogP contribution in [0.1, 0.15) is 22.5 Å². The van der Waals surface area contributed by atoms with Crippen LogP contribution < -0.4 is 10.6 Å². The predicted molar refractivity (Wildman–Crippen MR) is 79.5 cm³/mol. The summed E-state index contributed by atoms with van der Waals surface area (Å²) in [6, 6.07) is 8.59. The monoisotopic (exact) mass is 258 g/mol. The SMILES string of the molecule is Cc1cc(CCN)ccc1N(C)Cc1ccoc1C. The molecule has 0 aliphatic rings. The Morgan fingerprint density at radius 2 is 2.00 bits per heavy atom.